The zero-order valence-electron chi connectivity index (χ0n) is 15.7. The Morgan fingerprint density at radius 1 is 0.963 bits per heavy atom. The highest BCUT2D eigenvalue weighted by atomic mass is 16.5. The molecule has 4 heteroatoms. The zero-order chi connectivity index (χ0) is 18.6. The fourth-order valence-corrected chi connectivity index (χ4v) is 3.91. The highest BCUT2D eigenvalue weighted by molar-refractivity contribution is 5.97. The van der Waals surface area contributed by atoms with Crippen LogP contribution >= 0.6 is 0 Å². The van der Waals surface area contributed by atoms with Crippen molar-refractivity contribution < 1.29 is 14.4 Å². The first-order chi connectivity index (χ1) is 13.3. The first-order valence-electron chi connectivity index (χ1n) is 9.49. The molecule has 0 aliphatic carbocycles. The number of carbonyl (C=O) groups excluding carboxylic acids is 1. The summed E-state index contributed by atoms with van der Waals surface area (Å²) in [4.78, 5) is 16.3. The molecule has 0 atom stereocenters. The van der Waals surface area contributed by atoms with E-state index in [0.29, 0.717) is 11.3 Å². The van der Waals surface area contributed by atoms with Crippen LogP contribution < -0.4 is 9.64 Å². The van der Waals surface area contributed by atoms with Crippen molar-refractivity contribution in [2.24, 2.45) is 0 Å². The van der Waals surface area contributed by atoms with E-state index in [-0.39, 0.29) is 5.91 Å². The summed E-state index contributed by atoms with van der Waals surface area (Å²) in [5.74, 6) is 0.713. The summed E-state index contributed by atoms with van der Waals surface area (Å²) in [5, 5.41) is 2.62. The second-order valence-corrected chi connectivity index (χ2v) is 7.06. The van der Waals surface area contributed by atoms with Gasteiger partial charge >= 0.3 is 0 Å². The third kappa shape index (κ3) is 3.67. The average Bonchev–Trinajstić information content (AvgIpc) is 2.74. The number of carbonyl (C=O) groups is 1. The molecule has 1 saturated heterocycles. The smallest absolute Gasteiger partial charge is 0.258 e. The molecule has 1 heterocycles. The van der Waals surface area contributed by atoms with Gasteiger partial charge in [0.15, 0.2) is 0 Å². The molecule has 0 bridgehead atoms. The summed E-state index contributed by atoms with van der Waals surface area (Å²) in [6, 6.07) is 22.5. The third-order valence-corrected chi connectivity index (χ3v) is 5.42. The number of para-hydroxylation sites is 1. The van der Waals surface area contributed by atoms with Crippen molar-refractivity contribution in [3.63, 3.8) is 0 Å². The Hall–Kier alpha value is -2.85. The van der Waals surface area contributed by atoms with E-state index in [0.717, 1.165) is 32.7 Å². The van der Waals surface area contributed by atoms with Gasteiger partial charge in [0.1, 0.15) is 12.3 Å². The number of hydrogen-bond donors (Lipinski definition) is 1. The quantitative estimate of drug-likeness (QED) is 0.774. The lowest BCUT2D eigenvalue weighted by molar-refractivity contribution is -0.917. The van der Waals surface area contributed by atoms with Gasteiger partial charge in [-0.15, -0.1) is 0 Å². The number of quaternary nitrogens is 1. The van der Waals surface area contributed by atoms with Gasteiger partial charge < -0.3 is 14.5 Å². The van der Waals surface area contributed by atoms with E-state index in [1.807, 2.05) is 29.2 Å². The first kappa shape index (κ1) is 17.6. The highest BCUT2D eigenvalue weighted by Crippen LogP contribution is 2.20. The predicted octanol–water partition coefficient (Wildman–Crippen LogP) is 2.39. The number of amides is 1. The first-order valence-corrected chi connectivity index (χ1v) is 9.49. The van der Waals surface area contributed by atoms with Crippen molar-refractivity contribution in [1.29, 1.82) is 0 Å². The Balaban J connectivity index is 1.42. The molecular formula is C23H25N2O2+. The van der Waals surface area contributed by atoms with Gasteiger partial charge in [-0.2, -0.15) is 0 Å². The van der Waals surface area contributed by atoms with Crippen LogP contribution in [0.15, 0.2) is 66.7 Å². The van der Waals surface area contributed by atoms with Crippen molar-refractivity contribution in [3.8, 4) is 5.75 Å². The van der Waals surface area contributed by atoms with E-state index in [1.165, 1.54) is 21.2 Å². The Morgan fingerprint density at radius 2 is 1.67 bits per heavy atom. The van der Waals surface area contributed by atoms with E-state index in [1.54, 1.807) is 7.11 Å². The lowest BCUT2D eigenvalue weighted by atomic mass is 10.0. The van der Waals surface area contributed by atoms with E-state index < -0.39 is 0 Å². The van der Waals surface area contributed by atoms with Crippen LogP contribution in [0.25, 0.3) is 10.8 Å². The molecule has 4 nitrogen and oxygen atoms in total. The Labute approximate surface area is 160 Å². The molecule has 0 spiro atoms. The molecule has 1 aliphatic rings. The number of piperazine rings is 1. The van der Waals surface area contributed by atoms with Crippen LogP contribution in [-0.4, -0.2) is 44.1 Å². The second kappa shape index (κ2) is 7.80. The molecule has 1 fully saturated rings. The minimum absolute atomic E-state index is 0.0664. The molecule has 1 amide bonds. The normalized spacial score (nSPS) is 15.1. The van der Waals surface area contributed by atoms with E-state index in [4.69, 9.17) is 4.74 Å². The van der Waals surface area contributed by atoms with Crippen molar-refractivity contribution in [1.82, 2.24) is 4.90 Å². The topological polar surface area (TPSA) is 34.0 Å². The van der Waals surface area contributed by atoms with E-state index >= 15 is 0 Å². The molecule has 3 aromatic carbocycles. The average molecular weight is 361 g/mol. The number of rotatable bonds is 4. The molecule has 1 aliphatic heterocycles. The highest BCUT2D eigenvalue weighted by Gasteiger charge is 2.26. The lowest BCUT2D eigenvalue weighted by Crippen LogP contribution is -3.13. The maximum Gasteiger partial charge on any atom is 0.258 e. The summed E-state index contributed by atoms with van der Waals surface area (Å²) in [6.45, 7) is 4.47. The summed E-state index contributed by atoms with van der Waals surface area (Å²) in [6.07, 6.45) is 0. The SMILES string of the molecule is COc1ccccc1C(=O)N1CC[NH+](Cc2cccc3ccccc23)CC1. The minimum atomic E-state index is 0.0664. The molecule has 138 valence electrons. The summed E-state index contributed by atoms with van der Waals surface area (Å²) in [7, 11) is 1.61. The van der Waals surface area contributed by atoms with Crippen LogP contribution in [0, 0.1) is 0 Å². The monoisotopic (exact) mass is 361 g/mol. The number of benzene rings is 3. The summed E-state index contributed by atoms with van der Waals surface area (Å²) < 4.78 is 5.35. The maximum atomic E-state index is 12.9. The van der Waals surface area contributed by atoms with Crippen molar-refractivity contribution in [2.45, 2.75) is 6.54 Å². The van der Waals surface area contributed by atoms with Gasteiger partial charge in [-0.1, -0.05) is 54.6 Å². The molecular weight excluding hydrogens is 336 g/mol. The summed E-state index contributed by atoms with van der Waals surface area (Å²) in [5.41, 5.74) is 2.03. The zero-order valence-corrected chi connectivity index (χ0v) is 15.7. The number of fused-ring (bicyclic) bond motifs is 1. The van der Waals surface area contributed by atoms with E-state index in [9.17, 15) is 4.79 Å². The molecule has 0 unspecified atom stereocenters. The van der Waals surface area contributed by atoms with Gasteiger partial charge in [0.2, 0.25) is 0 Å². The van der Waals surface area contributed by atoms with Gasteiger partial charge in [-0.3, -0.25) is 4.79 Å². The molecule has 0 radical (unpaired) electrons. The molecule has 4 rings (SSSR count). The van der Waals surface area contributed by atoms with Crippen LogP contribution in [0.5, 0.6) is 5.75 Å². The van der Waals surface area contributed by atoms with Gasteiger partial charge in [0.25, 0.3) is 5.91 Å². The van der Waals surface area contributed by atoms with Gasteiger partial charge in [0, 0.05) is 5.56 Å². The lowest BCUT2D eigenvalue weighted by Gasteiger charge is -2.32. The van der Waals surface area contributed by atoms with Crippen LogP contribution in [0.1, 0.15) is 15.9 Å². The molecule has 1 N–H and O–H groups in total. The fourth-order valence-electron chi connectivity index (χ4n) is 3.91. The van der Waals surface area contributed by atoms with Crippen molar-refractivity contribution in [3.05, 3.63) is 77.9 Å². The number of methoxy groups -OCH3 is 1. The Kier molecular flexibility index (Phi) is 5.07. The number of nitrogens with zero attached hydrogens (tertiary/aromatic N) is 1. The molecule has 27 heavy (non-hydrogen) atoms. The molecule has 0 aromatic heterocycles. The third-order valence-electron chi connectivity index (χ3n) is 5.42. The van der Waals surface area contributed by atoms with Crippen molar-refractivity contribution >= 4 is 16.7 Å². The van der Waals surface area contributed by atoms with Gasteiger partial charge in [-0.05, 0) is 22.9 Å². The van der Waals surface area contributed by atoms with Crippen molar-refractivity contribution in [2.75, 3.05) is 33.3 Å². The van der Waals surface area contributed by atoms with Crippen LogP contribution in [-0.2, 0) is 6.54 Å². The number of ether oxygens (including phenoxy) is 1. The fraction of sp³-hybridized carbons (Fsp3) is 0.261. The largest absolute Gasteiger partial charge is 0.496 e. The second-order valence-electron chi connectivity index (χ2n) is 7.06. The van der Waals surface area contributed by atoms with Crippen LogP contribution in [0.2, 0.25) is 0 Å². The van der Waals surface area contributed by atoms with Crippen LogP contribution in [0.3, 0.4) is 0 Å². The van der Waals surface area contributed by atoms with E-state index in [2.05, 4.69) is 42.5 Å². The maximum absolute atomic E-state index is 12.9. The number of nitrogens with one attached hydrogen (secondary N) is 1. The molecule has 3 aromatic rings. The predicted molar refractivity (Wildman–Crippen MR) is 107 cm³/mol. The minimum Gasteiger partial charge on any atom is -0.496 e. The van der Waals surface area contributed by atoms with Gasteiger partial charge in [-0.25, -0.2) is 0 Å². The Bertz CT molecular complexity index is 941. The Morgan fingerprint density at radius 3 is 2.48 bits per heavy atom. The molecule has 0 saturated carbocycles. The standard InChI is InChI=1S/C23H24N2O2/c1-27-22-12-5-4-11-21(22)23(26)25-15-13-24(14-16-25)17-19-9-6-8-18-7-2-3-10-20(18)19/h2-12H,13-17H2,1H3/p+1. The number of hydrogen-bond acceptors (Lipinski definition) is 2. The summed E-state index contributed by atoms with van der Waals surface area (Å²) >= 11 is 0. The van der Waals surface area contributed by atoms with Gasteiger partial charge in [0.05, 0.1) is 38.9 Å². The van der Waals surface area contributed by atoms with Crippen LogP contribution in [0.4, 0.5) is 0 Å².